The van der Waals surface area contributed by atoms with Crippen LogP contribution in [0.5, 0.6) is 0 Å². The summed E-state index contributed by atoms with van der Waals surface area (Å²) >= 11 is 7.63. The molecule has 0 unspecified atom stereocenters. The maximum atomic E-state index is 5.98. The van der Waals surface area contributed by atoms with Gasteiger partial charge in [0.15, 0.2) is 0 Å². The van der Waals surface area contributed by atoms with Gasteiger partial charge in [0.2, 0.25) is 5.82 Å². The van der Waals surface area contributed by atoms with Gasteiger partial charge in [-0.3, -0.25) is 0 Å². The van der Waals surface area contributed by atoms with Gasteiger partial charge < -0.3 is 4.52 Å². The Kier molecular flexibility index (Phi) is 3.76. The first-order valence-corrected chi connectivity index (χ1v) is 7.61. The van der Waals surface area contributed by atoms with Crippen LogP contribution in [0.3, 0.4) is 0 Å². The Bertz CT molecular complexity index is 742. The highest BCUT2D eigenvalue weighted by Crippen LogP contribution is 2.30. The van der Waals surface area contributed by atoms with Gasteiger partial charge in [0.1, 0.15) is 0 Å². The summed E-state index contributed by atoms with van der Waals surface area (Å²) in [5, 5.41) is 4.68. The minimum Gasteiger partial charge on any atom is -0.334 e. The highest BCUT2D eigenvalue weighted by Gasteiger charge is 2.13. The van der Waals surface area contributed by atoms with Crippen LogP contribution in [-0.4, -0.2) is 16.4 Å². The lowest BCUT2D eigenvalue weighted by Gasteiger charge is -2.00. The molecule has 0 radical (unpaired) electrons. The van der Waals surface area contributed by atoms with Gasteiger partial charge in [-0.05, 0) is 30.5 Å². The molecule has 1 heterocycles. The summed E-state index contributed by atoms with van der Waals surface area (Å²) in [6, 6.07) is 15.3. The van der Waals surface area contributed by atoms with Gasteiger partial charge in [-0.25, -0.2) is 0 Å². The summed E-state index contributed by atoms with van der Waals surface area (Å²) in [6.07, 6.45) is 2.02. The molecule has 100 valence electrons. The first-order valence-electron chi connectivity index (χ1n) is 6.01. The molecule has 0 aliphatic rings. The molecule has 0 atom stereocenters. The Hall–Kier alpha value is -1.78. The zero-order valence-corrected chi connectivity index (χ0v) is 12.3. The topological polar surface area (TPSA) is 38.9 Å². The van der Waals surface area contributed by atoms with E-state index in [4.69, 9.17) is 16.1 Å². The van der Waals surface area contributed by atoms with Crippen LogP contribution in [0.4, 0.5) is 0 Å². The van der Waals surface area contributed by atoms with Crippen molar-refractivity contribution in [3.63, 3.8) is 0 Å². The van der Waals surface area contributed by atoms with Gasteiger partial charge in [-0.1, -0.05) is 41.0 Å². The molecule has 0 saturated heterocycles. The fraction of sp³-hybridized carbons (Fsp3) is 0.0667. The highest BCUT2D eigenvalue weighted by molar-refractivity contribution is 7.98. The van der Waals surface area contributed by atoms with Gasteiger partial charge in [0.25, 0.3) is 5.89 Å². The molecule has 20 heavy (non-hydrogen) atoms. The van der Waals surface area contributed by atoms with Gasteiger partial charge in [-0.15, -0.1) is 11.8 Å². The second-order valence-electron chi connectivity index (χ2n) is 4.13. The Morgan fingerprint density at radius 2 is 1.95 bits per heavy atom. The molecule has 2 aromatic carbocycles. The summed E-state index contributed by atoms with van der Waals surface area (Å²) < 4.78 is 5.37. The van der Waals surface area contributed by atoms with Crippen LogP contribution in [0.15, 0.2) is 57.9 Å². The fourth-order valence-electron chi connectivity index (χ4n) is 1.90. The molecule has 0 N–H and O–H groups in total. The number of nitrogens with zero attached hydrogens (tertiary/aromatic N) is 2. The third-order valence-corrected chi connectivity index (χ3v) is 3.88. The number of aromatic nitrogens is 2. The van der Waals surface area contributed by atoms with Crippen LogP contribution in [-0.2, 0) is 0 Å². The van der Waals surface area contributed by atoms with E-state index in [1.54, 1.807) is 11.8 Å². The molecule has 0 spiro atoms. The van der Waals surface area contributed by atoms with Crippen LogP contribution >= 0.6 is 23.4 Å². The predicted molar refractivity (Wildman–Crippen MR) is 82.0 cm³/mol. The van der Waals surface area contributed by atoms with E-state index in [2.05, 4.69) is 10.1 Å². The molecule has 0 fully saturated rings. The van der Waals surface area contributed by atoms with Crippen molar-refractivity contribution in [1.29, 1.82) is 0 Å². The van der Waals surface area contributed by atoms with E-state index in [-0.39, 0.29) is 0 Å². The van der Waals surface area contributed by atoms with Crippen molar-refractivity contribution >= 4 is 23.4 Å². The maximum absolute atomic E-state index is 5.98. The van der Waals surface area contributed by atoms with Crippen LogP contribution < -0.4 is 0 Å². The van der Waals surface area contributed by atoms with E-state index < -0.39 is 0 Å². The van der Waals surface area contributed by atoms with Crippen molar-refractivity contribution < 1.29 is 4.52 Å². The van der Waals surface area contributed by atoms with Crippen LogP contribution in [0, 0.1) is 0 Å². The average molecular weight is 303 g/mol. The van der Waals surface area contributed by atoms with Crippen molar-refractivity contribution in [2.45, 2.75) is 4.90 Å². The lowest BCUT2D eigenvalue weighted by Crippen LogP contribution is -1.83. The minimum absolute atomic E-state index is 0.518. The predicted octanol–water partition coefficient (Wildman–Crippen LogP) is 4.78. The standard InChI is InChI=1S/C15H11ClN2OS/c1-20-13-8-3-2-7-12(13)15-17-14(18-19-15)10-5-4-6-11(16)9-10/h2-9H,1H3. The molecule has 3 nitrogen and oxygen atoms in total. The van der Waals surface area contributed by atoms with Crippen molar-refractivity contribution in [3.8, 4) is 22.8 Å². The minimum atomic E-state index is 0.518. The van der Waals surface area contributed by atoms with Crippen LogP contribution in [0.25, 0.3) is 22.8 Å². The zero-order valence-electron chi connectivity index (χ0n) is 10.7. The molecule has 0 saturated carbocycles. The average Bonchev–Trinajstić information content (AvgIpc) is 2.97. The number of hydrogen-bond acceptors (Lipinski definition) is 4. The van der Waals surface area contributed by atoms with E-state index in [0.29, 0.717) is 16.7 Å². The number of rotatable bonds is 3. The van der Waals surface area contributed by atoms with Gasteiger partial charge in [0, 0.05) is 15.5 Å². The summed E-state index contributed by atoms with van der Waals surface area (Å²) in [7, 11) is 0. The Balaban J connectivity index is 2.02. The number of halogens is 1. The van der Waals surface area contributed by atoms with Gasteiger partial charge >= 0.3 is 0 Å². The molecule has 0 amide bonds. The quantitative estimate of drug-likeness (QED) is 0.653. The van der Waals surface area contributed by atoms with Crippen LogP contribution in [0.2, 0.25) is 5.02 Å². The van der Waals surface area contributed by atoms with Gasteiger partial charge in [0.05, 0.1) is 5.56 Å². The number of benzene rings is 2. The summed E-state index contributed by atoms with van der Waals surface area (Å²) in [6.45, 7) is 0. The van der Waals surface area contributed by atoms with Gasteiger partial charge in [-0.2, -0.15) is 4.98 Å². The first kappa shape index (κ1) is 13.2. The third kappa shape index (κ3) is 2.57. The molecule has 0 aliphatic heterocycles. The third-order valence-electron chi connectivity index (χ3n) is 2.85. The van der Waals surface area contributed by atoms with Crippen LogP contribution in [0.1, 0.15) is 0 Å². The monoisotopic (exact) mass is 302 g/mol. The molecular weight excluding hydrogens is 292 g/mol. The molecule has 5 heteroatoms. The van der Waals surface area contributed by atoms with Crippen molar-refractivity contribution in [1.82, 2.24) is 10.1 Å². The van der Waals surface area contributed by atoms with E-state index in [0.717, 1.165) is 16.0 Å². The van der Waals surface area contributed by atoms with E-state index in [9.17, 15) is 0 Å². The lowest BCUT2D eigenvalue weighted by molar-refractivity contribution is 0.431. The number of thioether (sulfide) groups is 1. The first-order chi connectivity index (χ1) is 9.78. The van der Waals surface area contributed by atoms with Crippen molar-refractivity contribution in [2.24, 2.45) is 0 Å². The van der Waals surface area contributed by atoms with Crippen molar-refractivity contribution in [3.05, 3.63) is 53.6 Å². The lowest BCUT2D eigenvalue weighted by atomic mass is 10.2. The largest absolute Gasteiger partial charge is 0.334 e. The highest BCUT2D eigenvalue weighted by atomic mass is 35.5. The smallest absolute Gasteiger partial charge is 0.259 e. The van der Waals surface area contributed by atoms with E-state index in [1.807, 2.05) is 54.8 Å². The molecule has 3 aromatic rings. The normalized spacial score (nSPS) is 10.7. The summed E-state index contributed by atoms with van der Waals surface area (Å²) in [5.41, 5.74) is 1.79. The van der Waals surface area contributed by atoms with Crippen molar-refractivity contribution in [2.75, 3.05) is 6.26 Å². The van der Waals surface area contributed by atoms with E-state index >= 15 is 0 Å². The Morgan fingerprint density at radius 1 is 1.10 bits per heavy atom. The number of hydrogen-bond donors (Lipinski definition) is 0. The SMILES string of the molecule is CSc1ccccc1-c1nc(-c2cccc(Cl)c2)no1. The molecule has 0 aliphatic carbocycles. The summed E-state index contributed by atoms with van der Waals surface area (Å²) in [5.74, 6) is 1.06. The Morgan fingerprint density at radius 3 is 2.75 bits per heavy atom. The molecule has 3 rings (SSSR count). The fourth-order valence-corrected chi connectivity index (χ4v) is 2.68. The maximum Gasteiger partial charge on any atom is 0.259 e. The second-order valence-corrected chi connectivity index (χ2v) is 5.42. The Labute approximate surface area is 126 Å². The van der Waals surface area contributed by atoms with E-state index in [1.165, 1.54) is 0 Å². The second kappa shape index (κ2) is 5.69. The molecule has 1 aromatic heterocycles. The zero-order chi connectivity index (χ0) is 13.9. The molecular formula is C15H11ClN2OS. The molecule has 0 bridgehead atoms. The summed E-state index contributed by atoms with van der Waals surface area (Å²) in [4.78, 5) is 5.56.